The third-order valence-corrected chi connectivity index (χ3v) is 6.11. The van der Waals surface area contributed by atoms with E-state index in [-0.39, 0.29) is 11.8 Å². The molecule has 1 heterocycles. The van der Waals surface area contributed by atoms with E-state index in [9.17, 15) is 8.42 Å². The summed E-state index contributed by atoms with van der Waals surface area (Å²) >= 11 is 1.66. The molecule has 1 atom stereocenters. The smallest absolute Gasteiger partial charge is 0.178 e. The minimum atomic E-state index is -3.14. The molecule has 2 aromatic rings. The van der Waals surface area contributed by atoms with Gasteiger partial charge < -0.3 is 5.32 Å². The number of aromatic nitrogens is 1. The monoisotopic (exact) mass is 324 g/mol. The number of nitrogens with one attached hydrogen (secondary N) is 1. The van der Waals surface area contributed by atoms with Gasteiger partial charge in [-0.25, -0.2) is 13.4 Å². The average molecular weight is 324 g/mol. The zero-order chi connectivity index (χ0) is 15.5. The van der Waals surface area contributed by atoms with Crippen molar-refractivity contribution in [1.82, 2.24) is 4.98 Å². The van der Waals surface area contributed by atoms with Crippen molar-refractivity contribution in [2.24, 2.45) is 0 Å². The number of hydrogen-bond donors (Lipinski definition) is 1. The Hall–Kier alpha value is -1.40. The predicted octanol–water partition coefficient (Wildman–Crippen LogP) is 3.81. The Morgan fingerprint density at radius 1 is 1.29 bits per heavy atom. The number of hydrogen-bond acceptors (Lipinski definition) is 5. The van der Waals surface area contributed by atoms with Crippen molar-refractivity contribution in [3.05, 3.63) is 40.3 Å². The number of thiazole rings is 1. The quantitative estimate of drug-likeness (QED) is 0.878. The summed E-state index contributed by atoms with van der Waals surface area (Å²) in [6.07, 6.45) is 2.49. The van der Waals surface area contributed by atoms with Crippen LogP contribution in [0.2, 0.25) is 0 Å². The van der Waals surface area contributed by atoms with Crippen molar-refractivity contribution < 1.29 is 8.42 Å². The molecule has 21 heavy (non-hydrogen) atoms. The van der Waals surface area contributed by atoms with Crippen molar-refractivity contribution >= 4 is 26.9 Å². The molecule has 1 aromatic carbocycles. The maximum Gasteiger partial charge on any atom is 0.178 e. The van der Waals surface area contributed by atoms with E-state index in [0.717, 1.165) is 10.7 Å². The Bertz CT molecular complexity index is 691. The molecular formula is C15H20N2O2S2. The highest BCUT2D eigenvalue weighted by Crippen LogP contribution is 2.24. The first kappa shape index (κ1) is 16.0. The second-order valence-electron chi connectivity index (χ2n) is 5.02. The second kappa shape index (κ2) is 6.58. The second-order valence-corrected chi connectivity index (χ2v) is 8.39. The van der Waals surface area contributed by atoms with E-state index in [1.807, 2.05) is 27.0 Å². The molecule has 0 aliphatic rings. The SMILES string of the molecule is CCCS(=O)(=O)c1ccc(NC(C)c2ncc(C)s2)cc1. The summed E-state index contributed by atoms with van der Waals surface area (Å²) in [5.74, 6) is 0.189. The molecule has 4 nitrogen and oxygen atoms in total. The Morgan fingerprint density at radius 3 is 2.48 bits per heavy atom. The third kappa shape index (κ3) is 4.04. The highest BCUT2D eigenvalue weighted by molar-refractivity contribution is 7.91. The zero-order valence-corrected chi connectivity index (χ0v) is 14.1. The first-order valence-corrected chi connectivity index (χ1v) is 9.41. The van der Waals surface area contributed by atoms with Crippen molar-refractivity contribution in [2.45, 2.75) is 38.1 Å². The summed E-state index contributed by atoms with van der Waals surface area (Å²) in [4.78, 5) is 5.92. The van der Waals surface area contributed by atoms with Gasteiger partial charge in [-0.2, -0.15) is 0 Å². The van der Waals surface area contributed by atoms with Gasteiger partial charge in [0, 0.05) is 16.8 Å². The Morgan fingerprint density at radius 2 is 1.95 bits per heavy atom. The van der Waals surface area contributed by atoms with E-state index in [1.165, 1.54) is 4.88 Å². The van der Waals surface area contributed by atoms with E-state index in [1.54, 1.807) is 35.6 Å². The van der Waals surface area contributed by atoms with Crippen LogP contribution in [0.4, 0.5) is 5.69 Å². The molecule has 0 aliphatic carbocycles. The van der Waals surface area contributed by atoms with Crippen molar-refractivity contribution in [3.63, 3.8) is 0 Å². The van der Waals surface area contributed by atoms with Gasteiger partial charge in [0.2, 0.25) is 0 Å². The van der Waals surface area contributed by atoms with Gasteiger partial charge in [0.15, 0.2) is 9.84 Å². The lowest BCUT2D eigenvalue weighted by Crippen LogP contribution is -2.08. The van der Waals surface area contributed by atoms with Crippen LogP contribution in [0, 0.1) is 6.92 Å². The summed E-state index contributed by atoms with van der Waals surface area (Å²) in [7, 11) is -3.14. The molecule has 0 spiro atoms. The van der Waals surface area contributed by atoms with Crippen LogP contribution < -0.4 is 5.32 Å². The maximum absolute atomic E-state index is 12.0. The van der Waals surface area contributed by atoms with Gasteiger partial charge in [0.05, 0.1) is 16.7 Å². The van der Waals surface area contributed by atoms with Crippen molar-refractivity contribution in [3.8, 4) is 0 Å². The normalized spacial score (nSPS) is 13.1. The van der Waals surface area contributed by atoms with Gasteiger partial charge in [-0.05, 0) is 44.5 Å². The summed E-state index contributed by atoms with van der Waals surface area (Å²) < 4.78 is 23.9. The largest absolute Gasteiger partial charge is 0.376 e. The van der Waals surface area contributed by atoms with E-state index in [2.05, 4.69) is 10.3 Å². The van der Waals surface area contributed by atoms with Crippen LogP contribution in [-0.4, -0.2) is 19.2 Å². The molecule has 0 saturated heterocycles. The molecule has 0 saturated carbocycles. The fraction of sp³-hybridized carbons (Fsp3) is 0.400. The number of aryl methyl sites for hydroxylation is 1. The average Bonchev–Trinajstić information content (AvgIpc) is 2.86. The predicted molar refractivity (Wildman–Crippen MR) is 87.7 cm³/mol. The van der Waals surface area contributed by atoms with Crippen LogP contribution in [-0.2, 0) is 9.84 Å². The zero-order valence-electron chi connectivity index (χ0n) is 12.5. The lowest BCUT2D eigenvalue weighted by Gasteiger charge is -2.13. The molecule has 114 valence electrons. The van der Waals surface area contributed by atoms with Crippen LogP contribution in [0.3, 0.4) is 0 Å². The van der Waals surface area contributed by atoms with Crippen molar-refractivity contribution in [1.29, 1.82) is 0 Å². The van der Waals surface area contributed by atoms with E-state index < -0.39 is 9.84 Å². The molecule has 0 aliphatic heterocycles. The Balaban J connectivity index is 2.09. The van der Waals surface area contributed by atoms with E-state index in [4.69, 9.17) is 0 Å². The van der Waals surface area contributed by atoms with Crippen LogP contribution in [0.25, 0.3) is 0 Å². The Kier molecular flexibility index (Phi) is 5.00. The fourth-order valence-electron chi connectivity index (χ4n) is 2.03. The topological polar surface area (TPSA) is 59.1 Å². The van der Waals surface area contributed by atoms with Crippen LogP contribution in [0.1, 0.15) is 36.2 Å². The molecule has 1 aromatic heterocycles. The van der Waals surface area contributed by atoms with Gasteiger partial charge in [-0.15, -0.1) is 11.3 Å². The summed E-state index contributed by atoms with van der Waals surface area (Å²) in [5.41, 5.74) is 0.894. The minimum absolute atomic E-state index is 0.0989. The molecule has 1 unspecified atom stereocenters. The molecule has 0 bridgehead atoms. The summed E-state index contributed by atoms with van der Waals surface area (Å²) in [6, 6.07) is 7.03. The number of nitrogens with zero attached hydrogens (tertiary/aromatic N) is 1. The highest BCUT2D eigenvalue weighted by Gasteiger charge is 2.13. The lowest BCUT2D eigenvalue weighted by molar-refractivity contribution is 0.595. The van der Waals surface area contributed by atoms with Gasteiger partial charge in [-0.3, -0.25) is 0 Å². The van der Waals surface area contributed by atoms with E-state index in [0.29, 0.717) is 11.3 Å². The first-order valence-electron chi connectivity index (χ1n) is 6.94. The molecular weight excluding hydrogens is 304 g/mol. The third-order valence-electron chi connectivity index (χ3n) is 3.08. The molecule has 6 heteroatoms. The van der Waals surface area contributed by atoms with Gasteiger partial charge in [0.25, 0.3) is 0 Å². The van der Waals surface area contributed by atoms with Crippen LogP contribution in [0.5, 0.6) is 0 Å². The van der Waals surface area contributed by atoms with Crippen molar-refractivity contribution in [2.75, 3.05) is 11.1 Å². The maximum atomic E-state index is 12.0. The number of benzene rings is 1. The fourth-order valence-corrected chi connectivity index (χ4v) is 4.13. The standard InChI is InChI=1S/C15H20N2O2S2/c1-4-9-21(18,19)14-7-5-13(6-8-14)17-12(3)15-16-10-11(2)20-15/h5-8,10,12,17H,4,9H2,1-3H3. The van der Waals surface area contributed by atoms with E-state index >= 15 is 0 Å². The minimum Gasteiger partial charge on any atom is -0.376 e. The van der Waals surface area contributed by atoms with Gasteiger partial charge >= 0.3 is 0 Å². The lowest BCUT2D eigenvalue weighted by atomic mass is 10.3. The number of sulfone groups is 1. The molecule has 1 N–H and O–H groups in total. The summed E-state index contributed by atoms with van der Waals surface area (Å²) in [6.45, 7) is 5.94. The first-order chi connectivity index (χ1) is 9.92. The van der Waals surface area contributed by atoms with Gasteiger partial charge in [0.1, 0.15) is 5.01 Å². The summed E-state index contributed by atoms with van der Waals surface area (Å²) in [5, 5.41) is 4.36. The molecule has 0 radical (unpaired) electrons. The highest BCUT2D eigenvalue weighted by atomic mass is 32.2. The molecule has 0 fully saturated rings. The van der Waals surface area contributed by atoms with Crippen LogP contribution in [0.15, 0.2) is 35.4 Å². The number of rotatable bonds is 6. The van der Waals surface area contributed by atoms with Gasteiger partial charge in [-0.1, -0.05) is 6.92 Å². The van der Waals surface area contributed by atoms with Crippen LogP contribution >= 0.6 is 11.3 Å². The molecule has 0 amide bonds. The Labute approximate surface area is 130 Å². The number of anilines is 1. The molecule has 2 rings (SSSR count).